The van der Waals surface area contributed by atoms with Crippen molar-refractivity contribution in [2.45, 2.75) is 25.3 Å². The van der Waals surface area contributed by atoms with Crippen molar-refractivity contribution in [3.8, 4) is 5.75 Å². The highest BCUT2D eigenvalue weighted by atomic mass is 35.5. The Hall–Kier alpha value is -0.640. The summed E-state index contributed by atoms with van der Waals surface area (Å²) < 4.78 is 0. The Morgan fingerprint density at radius 2 is 2.00 bits per heavy atom. The normalized spacial score (nSPS) is 20.9. The molecule has 18 heavy (non-hydrogen) atoms. The van der Waals surface area contributed by atoms with Crippen LogP contribution in [-0.2, 0) is 0 Å². The van der Waals surface area contributed by atoms with Crippen LogP contribution in [0.15, 0.2) is 12.1 Å². The first-order valence-corrected chi connectivity index (χ1v) is 6.95. The number of phenols is 1. The van der Waals surface area contributed by atoms with Crippen molar-refractivity contribution >= 4 is 28.9 Å². The van der Waals surface area contributed by atoms with Gasteiger partial charge in [0.25, 0.3) is 0 Å². The van der Waals surface area contributed by atoms with Gasteiger partial charge in [-0.3, -0.25) is 0 Å². The highest BCUT2D eigenvalue weighted by molar-refractivity contribution is 6.37. The molecule has 0 bridgehead atoms. The smallest absolute Gasteiger partial charge is 0.152 e. The predicted octanol–water partition coefficient (Wildman–Crippen LogP) is 3.60. The van der Waals surface area contributed by atoms with Crippen molar-refractivity contribution in [3.63, 3.8) is 0 Å². The molecule has 0 amide bonds. The van der Waals surface area contributed by atoms with Crippen LogP contribution in [0.25, 0.3) is 0 Å². The van der Waals surface area contributed by atoms with E-state index in [0.29, 0.717) is 6.04 Å². The quantitative estimate of drug-likeness (QED) is 0.835. The summed E-state index contributed by atoms with van der Waals surface area (Å²) in [5.74, 6) is -0.0568. The minimum absolute atomic E-state index is 0.0568. The molecule has 1 aliphatic heterocycles. The van der Waals surface area contributed by atoms with Gasteiger partial charge in [0.2, 0.25) is 0 Å². The highest BCUT2D eigenvalue weighted by Crippen LogP contribution is 2.34. The second kappa shape index (κ2) is 6.00. The zero-order valence-corrected chi connectivity index (χ0v) is 11.9. The molecule has 0 saturated carbocycles. The summed E-state index contributed by atoms with van der Waals surface area (Å²) in [4.78, 5) is 2.38. The number of benzene rings is 1. The first-order chi connectivity index (χ1) is 8.58. The SMILES string of the molecule is CN1CCCCC1CNc1cc(Cl)c(O)c(Cl)c1. The van der Waals surface area contributed by atoms with Crippen molar-refractivity contribution in [1.82, 2.24) is 4.90 Å². The molecule has 0 spiro atoms. The lowest BCUT2D eigenvalue weighted by Gasteiger charge is -2.32. The maximum absolute atomic E-state index is 9.49. The van der Waals surface area contributed by atoms with Crippen LogP contribution in [0, 0.1) is 0 Å². The Morgan fingerprint density at radius 3 is 2.61 bits per heavy atom. The van der Waals surface area contributed by atoms with Crippen LogP contribution in [0.5, 0.6) is 5.75 Å². The molecule has 1 aromatic rings. The van der Waals surface area contributed by atoms with Crippen LogP contribution in [0.2, 0.25) is 10.0 Å². The molecule has 1 fully saturated rings. The fourth-order valence-electron chi connectivity index (χ4n) is 2.31. The number of hydrogen-bond acceptors (Lipinski definition) is 3. The van der Waals surface area contributed by atoms with E-state index in [4.69, 9.17) is 23.2 Å². The molecule has 3 nitrogen and oxygen atoms in total. The maximum Gasteiger partial charge on any atom is 0.152 e. The summed E-state index contributed by atoms with van der Waals surface area (Å²) in [6, 6.07) is 3.95. The van der Waals surface area contributed by atoms with Crippen molar-refractivity contribution in [1.29, 1.82) is 0 Å². The summed E-state index contributed by atoms with van der Waals surface area (Å²) in [5.41, 5.74) is 0.849. The van der Waals surface area contributed by atoms with Gasteiger partial charge in [-0.2, -0.15) is 0 Å². The van der Waals surface area contributed by atoms with Crippen LogP contribution in [-0.4, -0.2) is 36.2 Å². The third kappa shape index (κ3) is 3.22. The van der Waals surface area contributed by atoms with Crippen LogP contribution in [0.3, 0.4) is 0 Å². The number of aromatic hydroxyl groups is 1. The number of likely N-dealkylation sites (N-methyl/N-ethyl adjacent to an activating group) is 1. The van der Waals surface area contributed by atoms with E-state index in [1.165, 1.54) is 19.3 Å². The van der Waals surface area contributed by atoms with Gasteiger partial charge in [-0.25, -0.2) is 0 Å². The largest absolute Gasteiger partial charge is 0.505 e. The molecule has 0 aromatic heterocycles. The van der Waals surface area contributed by atoms with Gasteiger partial charge in [-0.15, -0.1) is 0 Å². The lowest BCUT2D eigenvalue weighted by atomic mass is 10.0. The van der Waals surface area contributed by atoms with E-state index in [0.717, 1.165) is 18.8 Å². The Morgan fingerprint density at radius 1 is 1.33 bits per heavy atom. The molecule has 100 valence electrons. The molecule has 1 saturated heterocycles. The summed E-state index contributed by atoms with van der Waals surface area (Å²) in [6.45, 7) is 2.03. The van der Waals surface area contributed by atoms with E-state index in [9.17, 15) is 5.11 Å². The van der Waals surface area contributed by atoms with Crippen molar-refractivity contribution in [2.75, 3.05) is 25.5 Å². The second-order valence-electron chi connectivity index (χ2n) is 4.80. The molecule has 2 N–H and O–H groups in total. The van der Waals surface area contributed by atoms with Crippen molar-refractivity contribution in [3.05, 3.63) is 22.2 Å². The van der Waals surface area contributed by atoms with Crippen LogP contribution in [0.1, 0.15) is 19.3 Å². The molecule has 1 aromatic carbocycles. The second-order valence-corrected chi connectivity index (χ2v) is 5.61. The van der Waals surface area contributed by atoms with E-state index < -0.39 is 0 Å². The predicted molar refractivity (Wildman–Crippen MR) is 76.9 cm³/mol. The van der Waals surface area contributed by atoms with Gasteiger partial charge >= 0.3 is 0 Å². The summed E-state index contributed by atoms with van der Waals surface area (Å²) in [6.07, 6.45) is 3.78. The Labute approximate surface area is 118 Å². The van der Waals surface area contributed by atoms with Gasteiger partial charge in [0, 0.05) is 18.3 Å². The van der Waals surface area contributed by atoms with Gasteiger partial charge in [0.1, 0.15) is 0 Å². The van der Waals surface area contributed by atoms with Crippen molar-refractivity contribution in [2.24, 2.45) is 0 Å². The fourth-order valence-corrected chi connectivity index (χ4v) is 2.79. The molecule has 2 rings (SSSR count). The summed E-state index contributed by atoms with van der Waals surface area (Å²) in [5, 5.41) is 13.4. The number of piperidine rings is 1. The van der Waals surface area contributed by atoms with Gasteiger partial charge in [0.05, 0.1) is 10.0 Å². The van der Waals surface area contributed by atoms with Gasteiger partial charge in [-0.1, -0.05) is 29.6 Å². The fraction of sp³-hybridized carbons (Fsp3) is 0.538. The Bertz CT molecular complexity index is 402. The van der Waals surface area contributed by atoms with E-state index >= 15 is 0 Å². The first kappa shape index (κ1) is 13.8. The first-order valence-electron chi connectivity index (χ1n) is 6.20. The lowest BCUT2D eigenvalue weighted by molar-refractivity contribution is 0.194. The van der Waals surface area contributed by atoms with E-state index in [2.05, 4.69) is 17.3 Å². The van der Waals surface area contributed by atoms with Gasteiger partial charge < -0.3 is 15.3 Å². The number of nitrogens with one attached hydrogen (secondary N) is 1. The van der Waals surface area contributed by atoms with Crippen molar-refractivity contribution < 1.29 is 5.11 Å². The topological polar surface area (TPSA) is 35.5 Å². The monoisotopic (exact) mass is 288 g/mol. The minimum Gasteiger partial charge on any atom is -0.505 e. The molecular formula is C13H18Cl2N2O. The number of nitrogens with zero attached hydrogens (tertiary/aromatic N) is 1. The third-order valence-electron chi connectivity index (χ3n) is 3.48. The van der Waals surface area contributed by atoms with Gasteiger partial charge in [0.15, 0.2) is 5.75 Å². The average Bonchev–Trinajstić information content (AvgIpc) is 2.35. The third-order valence-corrected chi connectivity index (χ3v) is 4.06. The molecule has 0 aliphatic carbocycles. The van der Waals surface area contributed by atoms with E-state index in [1.54, 1.807) is 12.1 Å². The number of anilines is 1. The minimum atomic E-state index is -0.0568. The molecule has 1 atom stereocenters. The Kier molecular flexibility index (Phi) is 4.60. The zero-order valence-electron chi connectivity index (χ0n) is 10.4. The average molecular weight is 289 g/mol. The molecule has 1 heterocycles. The molecule has 5 heteroatoms. The highest BCUT2D eigenvalue weighted by Gasteiger charge is 2.18. The summed E-state index contributed by atoms with van der Waals surface area (Å²) >= 11 is 11.8. The molecule has 1 aliphatic rings. The van der Waals surface area contributed by atoms with Crippen LogP contribution in [0.4, 0.5) is 5.69 Å². The van der Waals surface area contributed by atoms with E-state index in [1.807, 2.05) is 0 Å². The maximum atomic E-state index is 9.49. The van der Waals surface area contributed by atoms with Crippen LogP contribution < -0.4 is 5.32 Å². The lowest BCUT2D eigenvalue weighted by Crippen LogP contribution is -2.40. The van der Waals surface area contributed by atoms with Gasteiger partial charge in [-0.05, 0) is 38.6 Å². The molecule has 1 unspecified atom stereocenters. The zero-order chi connectivity index (χ0) is 13.1. The number of hydrogen-bond donors (Lipinski definition) is 2. The number of halogens is 2. The number of phenolic OH excluding ortho intramolecular Hbond substituents is 1. The molecule has 0 radical (unpaired) electrons. The standard InChI is InChI=1S/C13H18Cl2N2O/c1-17-5-3-2-4-10(17)8-16-9-6-11(14)13(18)12(15)7-9/h6-7,10,16,18H,2-5,8H2,1H3. The number of rotatable bonds is 3. The number of likely N-dealkylation sites (tertiary alicyclic amines) is 1. The van der Waals surface area contributed by atoms with Crippen LogP contribution >= 0.6 is 23.2 Å². The summed E-state index contributed by atoms with van der Waals surface area (Å²) in [7, 11) is 2.16. The van der Waals surface area contributed by atoms with E-state index in [-0.39, 0.29) is 15.8 Å². The Balaban J connectivity index is 1.97. The molecular weight excluding hydrogens is 271 g/mol.